The Morgan fingerprint density at radius 2 is 1.59 bits per heavy atom. The van der Waals surface area contributed by atoms with Crippen molar-refractivity contribution in [1.29, 1.82) is 0 Å². The van der Waals surface area contributed by atoms with E-state index in [0.29, 0.717) is 12.2 Å². The largest absolute Gasteiger partial charge is 0.227 e. The maximum absolute atomic E-state index is 11.9. The molecule has 4 nitrogen and oxygen atoms in total. The summed E-state index contributed by atoms with van der Waals surface area (Å²) in [4.78, 5) is 0. The van der Waals surface area contributed by atoms with Crippen LogP contribution in [0.5, 0.6) is 0 Å². The van der Waals surface area contributed by atoms with Gasteiger partial charge in [-0.05, 0) is 12.2 Å². The average molecular weight is 302 g/mol. The minimum Gasteiger partial charge on any atom is -0.227 e. The molecule has 0 N–H and O–H groups in total. The van der Waals surface area contributed by atoms with Crippen LogP contribution in [-0.2, 0) is 19.7 Å². The van der Waals surface area contributed by atoms with Crippen molar-refractivity contribution in [3.63, 3.8) is 0 Å². The first-order valence-corrected chi connectivity index (χ1v) is 10.5. The van der Waals surface area contributed by atoms with Gasteiger partial charge in [-0.3, -0.25) is 0 Å². The molecule has 0 rings (SSSR count). The molecule has 1 unspecified atom stereocenters. The lowest BCUT2D eigenvalue weighted by molar-refractivity contribution is 0.584. The predicted octanol–water partition coefficient (Wildman–Crippen LogP) is 2.06. The second-order valence-corrected chi connectivity index (χ2v) is 10.6. The van der Waals surface area contributed by atoms with Crippen LogP contribution in [0, 0.1) is 0 Å². The molecule has 0 aliphatic carbocycles. The van der Waals surface area contributed by atoms with Crippen LogP contribution in [0.3, 0.4) is 0 Å². The van der Waals surface area contributed by atoms with Crippen LogP contribution in [0.25, 0.3) is 0 Å². The summed E-state index contributed by atoms with van der Waals surface area (Å²) in [5.74, 6) is 0.448. The van der Waals surface area contributed by atoms with Gasteiger partial charge in [0.1, 0.15) is 0 Å². The normalized spacial score (nSPS) is 14.8. The summed E-state index contributed by atoms with van der Waals surface area (Å²) < 4.78 is 45.5. The maximum Gasteiger partial charge on any atom is 0.207 e. The van der Waals surface area contributed by atoms with E-state index in [1.165, 1.54) is 0 Å². The first-order valence-electron chi connectivity index (χ1n) is 5.77. The van der Waals surface area contributed by atoms with E-state index in [0.717, 1.165) is 37.3 Å². The van der Waals surface area contributed by atoms with Crippen molar-refractivity contribution < 1.29 is 16.8 Å². The number of thioether (sulfide) groups is 1. The maximum atomic E-state index is 11.9. The second-order valence-electron chi connectivity index (χ2n) is 4.00. The van der Waals surface area contributed by atoms with Gasteiger partial charge in [0.05, 0.1) is 5.75 Å². The average Bonchev–Trinajstić information content (AvgIpc) is 2.19. The summed E-state index contributed by atoms with van der Waals surface area (Å²) >= 11 is 0.978. The molecule has 0 saturated carbocycles. The monoisotopic (exact) mass is 302 g/mol. The number of hydrogen-bond acceptors (Lipinski definition) is 5. The fourth-order valence-electron chi connectivity index (χ4n) is 1.46. The Hall–Kier alpha value is 0.250. The molecule has 104 valence electrons. The van der Waals surface area contributed by atoms with Gasteiger partial charge in [-0.15, -0.1) is 11.8 Å². The lowest BCUT2D eigenvalue weighted by Gasteiger charge is -2.14. The SMILES string of the molecule is CCCCCCS(=O)(=O)C(SCC)S(C)(=O)=O. The first-order chi connectivity index (χ1) is 7.75. The third-order valence-corrected chi connectivity index (χ3v) is 9.65. The van der Waals surface area contributed by atoms with Gasteiger partial charge in [0.2, 0.25) is 3.91 Å². The van der Waals surface area contributed by atoms with Crippen molar-refractivity contribution in [2.45, 2.75) is 43.4 Å². The minimum atomic E-state index is -3.55. The van der Waals surface area contributed by atoms with Crippen molar-refractivity contribution >= 4 is 31.4 Å². The van der Waals surface area contributed by atoms with E-state index < -0.39 is 23.6 Å². The van der Waals surface area contributed by atoms with Gasteiger partial charge >= 0.3 is 0 Å². The molecule has 1 atom stereocenters. The lowest BCUT2D eigenvalue weighted by atomic mass is 10.2. The van der Waals surface area contributed by atoms with Gasteiger partial charge in [-0.2, -0.15) is 0 Å². The smallest absolute Gasteiger partial charge is 0.207 e. The molecule has 0 aromatic heterocycles. The van der Waals surface area contributed by atoms with Gasteiger partial charge in [0.15, 0.2) is 19.7 Å². The fourth-order valence-corrected chi connectivity index (χ4v) is 7.87. The predicted molar refractivity (Wildman–Crippen MR) is 74.7 cm³/mol. The zero-order valence-electron chi connectivity index (χ0n) is 10.7. The van der Waals surface area contributed by atoms with Crippen molar-refractivity contribution in [3.8, 4) is 0 Å². The molecule has 7 heteroatoms. The third-order valence-electron chi connectivity index (χ3n) is 2.23. The Kier molecular flexibility index (Phi) is 7.75. The Morgan fingerprint density at radius 3 is 2.00 bits per heavy atom. The number of unbranched alkanes of at least 4 members (excludes halogenated alkanes) is 3. The molecule has 0 aromatic rings. The Balaban J connectivity index is 4.63. The van der Waals surface area contributed by atoms with Crippen LogP contribution in [0.1, 0.15) is 39.5 Å². The molecule has 0 bridgehead atoms. The van der Waals surface area contributed by atoms with E-state index >= 15 is 0 Å². The van der Waals surface area contributed by atoms with Crippen LogP contribution in [-0.4, -0.2) is 38.5 Å². The molecule has 0 heterocycles. The van der Waals surface area contributed by atoms with Crippen molar-refractivity contribution in [2.24, 2.45) is 0 Å². The van der Waals surface area contributed by atoms with Crippen molar-refractivity contribution in [1.82, 2.24) is 0 Å². The van der Waals surface area contributed by atoms with Crippen LogP contribution in [0.15, 0.2) is 0 Å². The van der Waals surface area contributed by atoms with E-state index in [1.807, 2.05) is 6.92 Å². The zero-order chi connectivity index (χ0) is 13.5. The standard InChI is InChI=1S/C10H22O4S3/c1-4-6-7-8-9-17(13,14)10(15-5-2)16(3,11)12/h10H,4-9H2,1-3H3. The molecule has 0 fully saturated rings. The highest BCUT2D eigenvalue weighted by molar-refractivity contribution is 8.26. The van der Waals surface area contributed by atoms with Gasteiger partial charge in [-0.25, -0.2) is 16.8 Å². The highest BCUT2D eigenvalue weighted by Gasteiger charge is 2.33. The topological polar surface area (TPSA) is 68.3 Å². The highest BCUT2D eigenvalue weighted by Crippen LogP contribution is 2.24. The first kappa shape index (κ1) is 17.2. The molecule has 0 saturated heterocycles. The fraction of sp³-hybridized carbons (Fsp3) is 1.00. The van der Waals surface area contributed by atoms with Crippen molar-refractivity contribution in [2.75, 3.05) is 17.8 Å². The van der Waals surface area contributed by atoms with Crippen LogP contribution >= 0.6 is 11.8 Å². The van der Waals surface area contributed by atoms with E-state index in [9.17, 15) is 16.8 Å². The summed E-state index contributed by atoms with van der Waals surface area (Å²) in [5, 5.41) is 0. The minimum absolute atomic E-state index is 0.0300. The van der Waals surface area contributed by atoms with E-state index in [1.54, 1.807) is 6.92 Å². The summed E-state index contributed by atoms with van der Waals surface area (Å²) in [6.07, 6.45) is 4.39. The van der Waals surface area contributed by atoms with E-state index in [2.05, 4.69) is 0 Å². The van der Waals surface area contributed by atoms with E-state index in [-0.39, 0.29) is 5.75 Å². The number of hydrogen-bond donors (Lipinski definition) is 0. The molecule has 0 radical (unpaired) electrons. The van der Waals surface area contributed by atoms with Crippen LogP contribution in [0.4, 0.5) is 0 Å². The van der Waals surface area contributed by atoms with Gasteiger partial charge < -0.3 is 0 Å². The molecule has 17 heavy (non-hydrogen) atoms. The van der Waals surface area contributed by atoms with Gasteiger partial charge in [-0.1, -0.05) is 33.1 Å². The lowest BCUT2D eigenvalue weighted by Crippen LogP contribution is -2.29. The Morgan fingerprint density at radius 1 is 1.00 bits per heavy atom. The van der Waals surface area contributed by atoms with Crippen molar-refractivity contribution in [3.05, 3.63) is 0 Å². The quantitative estimate of drug-likeness (QED) is 0.610. The highest BCUT2D eigenvalue weighted by atomic mass is 32.3. The van der Waals surface area contributed by atoms with Crippen LogP contribution < -0.4 is 0 Å². The molecule has 0 amide bonds. The Labute approximate surface area is 109 Å². The summed E-state index contributed by atoms with van der Waals surface area (Å²) in [5.41, 5.74) is 0. The molecular weight excluding hydrogens is 280 g/mol. The molecule has 0 spiro atoms. The molecule has 0 aromatic carbocycles. The summed E-state index contributed by atoms with van der Waals surface area (Å²) in [7, 11) is -7.10. The zero-order valence-corrected chi connectivity index (χ0v) is 13.1. The third kappa shape index (κ3) is 6.67. The summed E-state index contributed by atoms with van der Waals surface area (Å²) in [6, 6.07) is 0. The number of sulfone groups is 2. The number of rotatable bonds is 9. The molecule has 0 aliphatic rings. The summed E-state index contributed by atoms with van der Waals surface area (Å²) in [6.45, 7) is 3.80. The van der Waals surface area contributed by atoms with E-state index in [4.69, 9.17) is 0 Å². The van der Waals surface area contributed by atoms with Gasteiger partial charge in [0, 0.05) is 6.26 Å². The molecule has 0 aliphatic heterocycles. The van der Waals surface area contributed by atoms with Gasteiger partial charge in [0.25, 0.3) is 0 Å². The van der Waals surface area contributed by atoms with Crippen LogP contribution in [0.2, 0.25) is 0 Å². The Bertz CT molecular complexity index is 397. The molecular formula is C10H22O4S3. The second kappa shape index (κ2) is 7.63.